The monoisotopic (exact) mass is 501 g/mol. The molecule has 7 nitrogen and oxygen atoms in total. The molecule has 4 rings (SSSR count). The van der Waals surface area contributed by atoms with Crippen molar-refractivity contribution in [3.63, 3.8) is 0 Å². The van der Waals surface area contributed by atoms with E-state index in [4.69, 9.17) is 18.6 Å². The molecule has 1 heterocycles. The predicted octanol–water partition coefficient (Wildman–Crippen LogP) is 6.40. The van der Waals surface area contributed by atoms with Gasteiger partial charge in [-0.2, -0.15) is 0 Å². The van der Waals surface area contributed by atoms with E-state index in [0.29, 0.717) is 36.0 Å². The Balaban J connectivity index is 1.47. The lowest BCUT2D eigenvalue weighted by molar-refractivity contribution is -0.152. The number of benzene rings is 3. The van der Waals surface area contributed by atoms with Gasteiger partial charge in [-0.25, -0.2) is 9.78 Å². The second-order valence-electron chi connectivity index (χ2n) is 9.23. The van der Waals surface area contributed by atoms with Gasteiger partial charge in [0, 0.05) is 17.5 Å². The van der Waals surface area contributed by atoms with Crippen LogP contribution in [0.5, 0.6) is 17.2 Å². The van der Waals surface area contributed by atoms with Crippen LogP contribution in [0.1, 0.15) is 36.4 Å². The van der Waals surface area contributed by atoms with Gasteiger partial charge in [-0.15, -0.1) is 0 Å². The van der Waals surface area contributed by atoms with Crippen LogP contribution in [0.25, 0.3) is 11.5 Å². The molecule has 192 valence electrons. The number of hydrogen-bond donors (Lipinski definition) is 1. The van der Waals surface area contributed by atoms with Gasteiger partial charge in [-0.05, 0) is 69.7 Å². The fourth-order valence-corrected chi connectivity index (χ4v) is 3.68. The number of aryl methyl sites for hydroxylation is 2. The van der Waals surface area contributed by atoms with Crippen molar-refractivity contribution in [2.45, 2.75) is 46.3 Å². The summed E-state index contributed by atoms with van der Waals surface area (Å²) in [5, 5.41) is 9.52. The summed E-state index contributed by atoms with van der Waals surface area (Å²) in [5.74, 6) is 2.08. The van der Waals surface area contributed by atoms with Crippen LogP contribution >= 0.6 is 0 Å². The molecule has 0 bridgehead atoms. The summed E-state index contributed by atoms with van der Waals surface area (Å²) in [7, 11) is 0. The van der Waals surface area contributed by atoms with E-state index in [2.05, 4.69) is 4.98 Å². The van der Waals surface area contributed by atoms with Gasteiger partial charge in [-0.3, -0.25) is 0 Å². The molecule has 0 unspecified atom stereocenters. The predicted molar refractivity (Wildman–Crippen MR) is 140 cm³/mol. The molecule has 1 aromatic heterocycles. The normalized spacial score (nSPS) is 11.2. The highest BCUT2D eigenvalue weighted by molar-refractivity contribution is 5.76. The van der Waals surface area contributed by atoms with E-state index >= 15 is 0 Å². The van der Waals surface area contributed by atoms with Crippen molar-refractivity contribution in [2.75, 3.05) is 6.61 Å². The van der Waals surface area contributed by atoms with Crippen molar-refractivity contribution < 1.29 is 28.5 Å². The maximum Gasteiger partial charge on any atom is 0.347 e. The van der Waals surface area contributed by atoms with Crippen LogP contribution in [0.3, 0.4) is 0 Å². The zero-order chi connectivity index (χ0) is 26.4. The Morgan fingerprint density at radius 1 is 0.946 bits per heavy atom. The Morgan fingerprint density at radius 2 is 1.68 bits per heavy atom. The molecule has 0 radical (unpaired) electrons. The van der Waals surface area contributed by atoms with Crippen molar-refractivity contribution in [2.24, 2.45) is 0 Å². The molecule has 3 aromatic carbocycles. The minimum absolute atomic E-state index is 0.190. The molecule has 0 spiro atoms. The van der Waals surface area contributed by atoms with E-state index in [9.17, 15) is 9.90 Å². The van der Waals surface area contributed by atoms with Gasteiger partial charge in [-0.1, -0.05) is 36.4 Å². The molecule has 0 aliphatic heterocycles. The Kier molecular flexibility index (Phi) is 7.82. The Morgan fingerprint density at radius 3 is 2.41 bits per heavy atom. The maximum absolute atomic E-state index is 11.6. The number of oxazole rings is 1. The summed E-state index contributed by atoms with van der Waals surface area (Å²) in [5.41, 5.74) is 2.04. The van der Waals surface area contributed by atoms with Crippen LogP contribution in [-0.2, 0) is 17.8 Å². The number of aliphatic carboxylic acids is 1. The third kappa shape index (κ3) is 6.50. The average Bonchev–Trinajstić information content (AvgIpc) is 3.25. The fourth-order valence-electron chi connectivity index (χ4n) is 3.68. The number of rotatable bonds is 11. The van der Waals surface area contributed by atoms with Crippen LogP contribution in [0.4, 0.5) is 0 Å². The molecule has 4 aromatic rings. The molecule has 0 fully saturated rings. The number of hydrogen-bond acceptors (Lipinski definition) is 6. The van der Waals surface area contributed by atoms with E-state index in [1.165, 1.54) is 13.8 Å². The number of aromatic nitrogens is 1. The zero-order valence-electron chi connectivity index (χ0n) is 21.5. The lowest BCUT2D eigenvalue weighted by atomic mass is 10.1. The molecule has 0 aliphatic carbocycles. The second kappa shape index (κ2) is 11.2. The zero-order valence-corrected chi connectivity index (χ0v) is 21.5. The SMILES string of the molecule is Cc1ccccc1OCc1cc(OCCc2nc(-c3ccccc3)oc2C)ccc1OC(C)(C)C(=O)O. The Bertz CT molecular complexity index is 1360. The highest BCUT2D eigenvalue weighted by atomic mass is 16.5. The maximum atomic E-state index is 11.6. The molecule has 1 N–H and O–H groups in total. The van der Waals surface area contributed by atoms with Gasteiger partial charge in [0.25, 0.3) is 0 Å². The lowest BCUT2D eigenvalue weighted by Crippen LogP contribution is -2.38. The smallest absolute Gasteiger partial charge is 0.347 e. The van der Waals surface area contributed by atoms with Gasteiger partial charge in [0.2, 0.25) is 5.89 Å². The topological polar surface area (TPSA) is 91.0 Å². The summed E-state index contributed by atoms with van der Waals surface area (Å²) in [6.07, 6.45) is 0.571. The first kappa shape index (κ1) is 25.8. The van der Waals surface area contributed by atoms with Gasteiger partial charge < -0.3 is 23.7 Å². The number of ether oxygens (including phenoxy) is 3. The lowest BCUT2D eigenvalue weighted by Gasteiger charge is -2.24. The van der Waals surface area contributed by atoms with Gasteiger partial charge in [0.05, 0.1) is 12.3 Å². The first-order valence-corrected chi connectivity index (χ1v) is 12.1. The third-order valence-electron chi connectivity index (χ3n) is 5.91. The summed E-state index contributed by atoms with van der Waals surface area (Å²) in [6.45, 7) is 7.46. The summed E-state index contributed by atoms with van der Waals surface area (Å²) < 4.78 is 23.7. The molecule has 0 saturated heterocycles. The van der Waals surface area contributed by atoms with E-state index in [-0.39, 0.29) is 6.61 Å². The highest BCUT2D eigenvalue weighted by Gasteiger charge is 2.30. The standard InChI is InChI=1S/C30H31NO6/c1-20-10-8-9-13-26(20)35-19-23-18-24(14-15-27(23)37-30(3,4)29(32)33)34-17-16-25-21(2)36-28(31-25)22-11-6-5-7-12-22/h5-15,18H,16-17,19H2,1-4H3,(H,32,33). The fraction of sp³-hybridized carbons (Fsp3) is 0.267. The molecule has 37 heavy (non-hydrogen) atoms. The Labute approximate surface area is 216 Å². The number of carboxylic acid groups (broad SMARTS) is 1. The van der Waals surface area contributed by atoms with Crippen LogP contribution in [0, 0.1) is 13.8 Å². The first-order chi connectivity index (χ1) is 17.7. The third-order valence-corrected chi connectivity index (χ3v) is 5.91. The molecule has 0 atom stereocenters. The minimum atomic E-state index is -1.40. The largest absolute Gasteiger partial charge is 0.493 e. The van der Waals surface area contributed by atoms with Gasteiger partial charge in [0.1, 0.15) is 29.6 Å². The van der Waals surface area contributed by atoms with E-state index in [0.717, 1.165) is 28.3 Å². The quantitative estimate of drug-likeness (QED) is 0.254. The number of para-hydroxylation sites is 1. The van der Waals surface area contributed by atoms with Crippen molar-refractivity contribution in [1.82, 2.24) is 4.98 Å². The van der Waals surface area contributed by atoms with E-state index in [1.54, 1.807) is 12.1 Å². The molecular formula is C30H31NO6. The molecule has 7 heteroatoms. The summed E-state index contributed by atoms with van der Waals surface area (Å²) in [4.78, 5) is 16.3. The van der Waals surface area contributed by atoms with Gasteiger partial charge in [0.15, 0.2) is 5.60 Å². The minimum Gasteiger partial charge on any atom is -0.493 e. The van der Waals surface area contributed by atoms with Crippen molar-refractivity contribution >= 4 is 5.97 Å². The van der Waals surface area contributed by atoms with Crippen molar-refractivity contribution in [3.05, 3.63) is 95.4 Å². The number of carbonyl (C=O) groups is 1. The van der Waals surface area contributed by atoms with Crippen molar-refractivity contribution in [3.8, 4) is 28.7 Å². The first-order valence-electron chi connectivity index (χ1n) is 12.1. The molecule has 0 aliphatic rings. The number of nitrogens with zero attached hydrogens (tertiary/aromatic N) is 1. The molecule has 0 saturated carbocycles. The van der Waals surface area contributed by atoms with Crippen LogP contribution in [-0.4, -0.2) is 28.3 Å². The molecule has 0 amide bonds. The van der Waals surface area contributed by atoms with Gasteiger partial charge >= 0.3 is 5.97 Å². The van der Waals surface area contributed by atoms with E-state index in [1.807, 2.05) is 74.5 Å². The van der Waals surface area contributed by atoms with Crippen molar-refractivity contribution in [1.29, 1.82) is 0 Å². The summed E-state index contributed by atoms with van der Waals surface area (Å²) >= 11 is 0. The highest BCUT2D eigenvalue weighted by Crippen LogP contribution is 2.30. The van der Waals surface area contributed by atoms with Crippen LogP contribution < -0.4 is 14.2 Å². The summed E-state index contributed by atoms with van der Waals surface area (Å²) in [6, 6.07) is 22.8. The van der Waals surface area contributed by atoms with E-state index < -0.39 is 11.6 Å². The second-order valence-corrected chi connectivity index (χ2v) is 9.23. The molecular weight excluding hydrogens is 470 g/mol. The van der Waals surface area contributed by atoms with Crippen LogP contribution in [0.15, 0.2) is 77.2 Å². The number of carboxylic acids is 1. The average molecular weight is 502 g/mol. The van der Waals surface area contributed by atoms with Crippen LogP contribution in [0.2, 0.25) is 0 Å². The Hall–Kier alpha value is -4.26.